The number of H-pyrrole nitrogens is 1. The van der Waals surface area contributed by atoms with Gasteiger partial charge in [-0.1, -0.05) is 0 Å². The summed E-state index contributed by atoms with van der Waals surface area (Å²) in [6.07, 6.45) is 1.63. The smallest absolute Gasteiger partial charge is 0.119 e. The Labute approximate surface area is 69.4 Å². The van der Waals surface area contributed by atoms with Gasteiger partial charge in [-0.2, -0.15) is 5.10 Å². The summed E-state index contributed by atoms with van der Waals surface area (Å²) in [7, 11) is 0. The van der Waals surface area contributed by atoms with Crippen molar-refractivity contribution in [1.82, 2.24) is 10.2 Å². The Morgan fingerprint density at radius 1 is 1.58 bits per heavy atom. The van der Waals surface area contributed by atoms with Crippen molar-refractivity contribution in [1.29, 1.82) is 0 Å². The fourth-order valence-electron chi connectivity index (χ4n) is 1.13. The monoisotopic (exact) mass is 163 g/mol. The van der Waals surface area contributed by atoms with E-state index in [-0.39, 0.29) is 0 Å². The Hall–Kier alpha value is -1.71. The van der Waals surface area contributed by atoms with E-state index in [9.17, 15) is 0 Å². The van der Waals surface area contributed by atoms with Crippen LogP contribution in [0.1, 0.15) is 5.76 Å². The van der Waals surface area contributed by atoms with E-state index in [0.29, 0.717) is 5.82 Å². The highest BCUT2D eigenvalue weighted by Gasteiger charge is 2.06. The Kier molecular flexibility index (Phi) is 1.40. The molecule has 0 unspecified atom stereocenters. The predicted molar refractivity (Wildman–Crippen MR) is 45.4 cm³/mol. The number of aromatic nitrogens is 2. The van der Waals surface area contributed by atoms with Crippen LogP contribution in [-0.4, -0.2) is 10.2 Å². The fourth-order valence-corrected chi connectivity index (χ4v) is 1.13. The van der Waals surface area contributed by atoms with E-state index < -0.39 is 0 Å². The van der Waals surface area contributed by atoms with E-state index in [1.54, 1.807) is 12.3 Å². The van der Waals surface area contributed by atoms with Crippen molar-refractivity contribution >= 4 is 5.82 Å². The van der Waals surface area contributed by atoms with Gasteiger partial charge in [0.25, 0.3) is 0 Å². The number of furan rings is 1. The number of anilines is 1. The first-order valence-electron chi connectivity index (χ1n) is 3.63. The van der Waals surface area contributed by atoms with E-state index in [0.717, 1.165) is 17.0 Å². The van der Waals surface area contributed by atoms with Crippen LogP contribution < -0.4 is 5.73 Å². The van der Waals surface area contributed by atoms with Gasteiger partial charge < -0.3 is 10.2 Å². The molecule has 62 valence electrons. The van der Waals surface area contributed by atoms with E-state index in [1.165, 1.54) is 0 Å². The van der Waals surface area contributed by atoms with Crippen LogP contribution in [0.3, 0.4) is 0 Å². The predicted octanol–water partition coefficient (Wildman–Crippen LogP) is 1.56. The van der Waals surface area contributed by atoms with Crippen LogP contribution in [0.15, 0.2) is 22.8 Å². The van der Waals surface area contributed by atoms with E-state index in [2.05, 4.69) is 10.2 Å². The van der Waals surface area contributed by atoms with Gasteiger partial charge in [-0.05, 0) is 13.0 Å². The number of hydrogen-bond donors (Lipinski definition) is 2. The molecule has 0 fully saturated rings. The zero-order chi connectivity index (χ0) is 8.55. The molecule has 2 aromatic rings. The number of aryl methyl sites for hydroxylation is 1. The van der Waals surface area contributed by atoms with Crippen molar-refractivity contribution in [2.75, 3.05) is 5.73 Å². The minimum atomic E-state index is 0.561. The minimum Gasteiger partial charge on any atom is -0.469 e. The fraction of sp³-hybridized carbons (Fsp3) is 0.125. The standard InChI is InChI=1S/C8H9N3O/c1-5-6(2-3-12-5)7-4-8(9)11-10-7/h2-4H,1H3,(H3,9,10,11). The van der Waals surface area contributed by atoms with Crippen LogP contribution in [0, 0.1) is 6.92 Å². The van der Waals surface area contributed by atoms with Gasteiger partial charge in [0.15, 0.2) is 0 Å². The molecule has 0 atom stereocenters. The van der Waals surface area contributed by atoms with Crippen LogP contribution in [0.25, 0.3) is 11.3 Å². The average molecular weight is 163 g/mol. The summed E-state index contributed by atoms with van der Waals surface area (Å²) in [6, 6.07) is 3.64. The van der Waals surface area contributed by atoms with Gasteiger partial charge in [-0.3, -0.25) is 5.10 Å². The average Bonchev–Trinajstić information content (AvgIpc) is 2.58. The number of nitrogens with one attached hydrogen (secondary N) is 1. The summed E-state index contributed by atoms with van der Waals surface area (Å²) in [5.41, 5.74) is 7.28. The number of aromatic amines is 1. The largest absolute Gasteiger partial charge is 0.469 e. The number of nitrogens with zero attached hydrogens (tertiary/aromatic N) is 1. The van der Waals surface area contributed by atoms with Crippen molar-refractivity contribution in [2.45, 2.75) is 6.92 Å². The molecule has 0 aliphatic carbocycles. The molecule has 0 radical (unpaired) electrons. The van der Waals surface area contributed by atoms with Crippen LogP contribution in [0.4, 0.5) is 5.82 Å². The van der Waals surface area contributed by atoms with Crippen molar-refractivity contribution in [3.63, 3.8) is 0 Å². The van der Waals surface area contributed by atoms with E-state index in [4.69, 9.17) is 10.2 Å². The number of nitrogen functional groups attached to an aromatic ring is 1. The second kappa shape index (κ2) is 2.41. The maximum atomic E-state index is 5.49. The molecule has 12 heavy (non-hydrogen) atoms. The SMILES string of the molecule is Cc1occc1-c1cc(N)[nH]n1. The quantitative estimate of drug-likeness (QED) is 0.670. The highest BCUT2D eigenvalue weighted by Crippen LogP contribution is 2.22. The molecule has 0 aliphatic heterocycles. The number of hydrogen-bond acceptors (Lipinski definition) is 3. The highest BCUT2D eigenvalue weighted by molar-refractivity contribution is 5.63. The first-order valence-corrected chi connectivity index (χ1v) is 3.63. The molecule has 2 heterocycles. The molecule has 0 aromatic carbocycles. The Bertz CT molecular complexity index is 388. The minimum absolute atomic E-state index is 0.561. The maximum Gasteiger partial charge on any atom is 0.119 e. The van der Waals surface area contributed by atoms with Crippen LogP contribution in [0.5, 0.6) is 0 Å². The lowest BCUT2D eigenvalue weighted by Gasteiger charge is -1.89. The van der Waals surface area contributed by atoms with Gasteiger partial charge >= 0.3 is 0 Å². The first-order chi connectivity index (χ1) is 5.77. The Balaban J connectivity index is 2.50. The van der Waals surface area contributed by atoms with Gasteiger partial charge in [0.05, 0.1) is 12.0 Å². The number of rotatable bonds is 1. The topological polar surface area (TPSA) is 67.8 Å². The van der Waals surface area contributed by atoms with Gasteiger partial charge in [0.2, 0.25) is 0 Å². The molecule has 4 nitrogen and oxygen atoms in total. The third-order valence-corrected chi connectivity index (χ3v) is 1.73. The molecule has 0 aliphatic rings. The lowest BCUT2D eigenvalue weighted by Crippen LogP contribution is -1.81. The molecular formula is C8H9N3O. The van der Waals surface area contributed by atoms with Crippen molar-refractivity contribution < 1.29 is 4.42 Å². The Morgan fingerprint density at radius 2 is 2.42 bits per heavy atom. The number of nitrogens with two attached hydrogens (primary N) is 1. The summed E-state index contributed by atoms with van der Waals surface area (Å²) in [4.78, 5) is 0. The summed E-state index contributed by atoms with van der Waals surface area (Å²) in [5.74, 6) is 1.41. The van der Waals surface area contributed by atoms with Gasteiger partial charge in [-0.15, -0.1) is 0 Å². The lowest BCUT2D eigenvalue weighted by atomic mass is 10.2. The molecule has 0 bridgehead atoms. The molecule has 2 aromatic heterocycles. The van der Waals surface area contributed by atoms with E-state index >= 15 is 0 Å². The zero-order valence-corrected chi connectivity index (χ0v) is 6.66. The second-order valence-corrected chi connectivity index (χ2v) is 2.60. The highest BCUT2D eigenvalue weighted by atomic mass is 16.3. The summed E-state index contributed by atoms with van der Waals surface area (Å²) >= 11 is 0. The normalized spacial score (nSPS) is 10.4. The summed E-state index contributed by atoms with van der Waals surface area (Å²) < 4.78 is 5.13. The van der Waals surface area contributed by atoms with Gasteiger partial charge in [0, 0.05) is 11.6 Å². The molecule has 4 heteroatoms. The van der Waals surface area contributed by atoms with Crippen molar-refractivity contribution in [3.05, 3.63) is 24.2 Å². The molecule has 0 spiro atoms. The van der Waals surface area contributed by atoms with Crippen LogP contribution in [0.2, 0.25) is 0 Å². The van der Waals surface area contributed by atoms with Crippen LogP contribution in [-0.2, 0) is 0 Å². The van der Waals surface area contributed by atoms with Crippen molar-refractivity contribution in [3.8, 4) is 11.3 Å². The Morgan fingerprint density at radius 3 is 2.92 bits per heavy atom. The van der Waals surface area contributed by atoms with Crippen molar-refractivity contribution in [2.24, 2.45) is 0 Å². The third kappa shape index (κ3) is 0.972. The maximum absolute atomic E-state index is 5.49. The van der Waals surface area contributed by atoms with Gasteiger partial charge in [0.1, 0.15) is 11.6 Å². The molecule has 0 amide bonds. The molecule has 0 saturated carbocycles. The molecule has 0 saturated heterocycles. The molecular weight excluding hydrogens is 154 g/mol. The molecule has 3 N–H and O–H groups in total. The zero-order valence-electron chi connectivity index (χ0n) is 6.66. The lowest BCUT2D eigenvalue weighted by molar-refractivity contribution is 0.535. The second-order valence-electron chi connectivity index (χ2n) is 2.60. The van der Waals surface area contributed by atoms with Gasteiger partial charge in [-0.25, -0.2) is 0 Å². The first kappa shape index (κ1) is 6.97. The third-order valence-electron chi connectivity index (χ3n) is 1.73. The molecule has 2 rings (SSSR count). The summed E-state index contributed by atoms with van der Waals surface area (Å²) in [5, 5.41) is 6.68. The van der Waals surface area contributed by atoms with Crippen LogP contribution >= 0.6 is 0 Å². The summed E-state index contributed by atoms with van der Waals surface area (Å²) in [6.45, 7) is 1.89. The van der Waals surface area contributed by atoms with E-state index in [1.807, 2.05) is 13.0 Å².